The van der Waals surface area contributed by atoms with Gasteiger partial charge in [-0.25, -0.2) is 0 Å². The Morgan fingerprint density at radius 3 is 2.59 bits per heavy atom. The van der Waals surface area contributed by atoms with E-state index in [9.17, 15) is 4.79 Å². The van der Waals surface area contributed by atoms with E-state index >= 15 is 0 Å². The maximum Gasteiger partial charge on any atom is 0.304 e. The van der Waals surface area contributed by atoms with Crippen molar-refractivity contribution in [3.05, 3.63) is 35.4 Å². The van der Waals surface area contributed by atoms with Crippen LogP contribution in [0.2, 0.25) is 0 Å². The molecular formula is C14H18O3. The largest absolute Gasteiger partial charge is 0.481 e. The molecule has 1 aliphatic heterocycles. The van der Waals surface area contributed by atoms with Crippen LogP contribution in [-0.4, -0.2) is 24.3 Å². The van der Waals surface area contributed by atoms with Gasteiger partial charge in [0.25, 0.3) is 0 Å². The van der Waals surface area contributed by atoms with Gasteiger partial charge in [0.05, 0.1) is 19.6 Å². The van der Waals surface area contributed by atoms with Crippen LogP contribution < -0.4 is 0 Å². The average molecular weight is 234 g/mol. The van der Waals surface area contributed by atoms with Crippen molar-refractivity contribution in [2.24, 2.45) is 0 Å². The van der Waals surface area contributed by atoms with Gasteiger partial charge in [0, 0.05) is 11.3 Å². The molecule has 1 fully saturated rings. The minimum Gasteiger partial charge on any atom is -0.481 e. The van der Waals surface area contributed by atoms with Gasteiger partial charge in [0.15, 0.2) is 0 Å². The molecule has 1 aromatic rings. The van der Waals surface area contributed by atoms with Gasteiger partial charge in [-0.1, -0.05) is 38.1 Å². The number of carbonyl (C=O) groups is 1. The van der Waals surface area contributed by atoms with Gasteiger partial charge in [-0.3, -0.25) is 4.79 Å². The Morgan fingerprint density at radius 1 is 1.41 bits per heavy atom. The summed E-state index contributed by atoms with van der Waals surface area (Å²) >= 11 is 0. The molecule has 0 aliphatic carbocycles. The van der Waals surface area contributed by atoms with Gasteiger partial charge in [0.2, 0.25) is 0 Å². The van der Waals surface area contributed by atoms with Gasteiger partial charge >= 0.3 is 5.97 Å². The molecule has 0 radical (unpaired) electrons. The van der Waals surface area contributed by atoms with Crippen molar-refractivity contribution in [3.8, 4) is 0 Å². The maximum atomic E-state index is 10.9. The van der Waals surface area contributed by atoms with Gasteiger partial charge in [0.1, 0.15) is 0 Å². The Morgan fingerprint density at radius 2 is 2.06 bits per heavy atom. The first-order valence-corrected chi connectivity index (χ1v) is 5.89. The summed E-state index contributed by atoms with van der Waals surface area (Å²) in [5.74, 6) is -0.325. The van der Waals surface area contributed by atoms with E-state index in [1.165, 1.54) is 5.56 Å². The van der Waals surface area contributed by atoms with Crippen molar-refractivity contribution in [3.63, 3.8) is 0 Å². The first-order valence-electron chi connectivity index (χ1n) is 5.89. The van der Waals surface area contributed by atoms with Gasteiger partial charge in [-0.05, 0) is 11.1 Å². The number of hydrogen-bond donors (Lipinski definition) is 1. The summed E-state index contributed by atoms with van der Waals surface area (Å²) in [6.45, 7) is 5.47. The van der Waals surface area contributed by atoms with Crippen LogP contribution in [0, 0.1) is 0 Å². The first kappa shape index (κ1) is 12.1. The zero-order valence-electron chi connectivity index (χ0n) is 10.3. The molecule has 0 unspecified atom stereocenters. The third kappa shape index (κ3) is 2.50. The molecule has 1 saturated heterocycles. The molecule has 1 heterocycles. The third-order valence-electron chi connectivity index (χ3n) is 3.36. The number of hydrogen-bond acceptors (Lipinski definition) is 2. The summed E-state index contributed by atoms with van der Waals surface area (Å²) in [6, 6.07) is 8.11. The summed E-state index contributed by atoms with van der Waals surface area (Å²) in [5.41, 5.74) is 2.04. The normalized spacial score (nSPS) is 16.6. The Labute approximate surface area is 101 Å². The monoisotopic (exact) mass is 234 g/mol. The number of carboxylic acid groups (broad SMARTS) is 1. The predicted molar refractivity (Wildman–Crippen MR) is 65.3 cm³/mol. The quantitative estimate of drug-likeness (QED) is 0.870. The summed E-state index contributed by atoms with van der Waals surface area (Å²) in [4.78, 5) is 10.9. The van der Waals surface area contributed by atoms with Crippen molar-refractivity contribution in [2.45, 2.75) is 31.6 Å². The van der Waals surface area contributed by atoms with Crippen molar-refractivity contribution in [1.82, 2.24) is 0 Å². The molecular weight excluding hydrogens is 216 g/mol. The minimum atomic E-state index is -0.755. The van der Waals surface area contributed by atoms with E-state index in [2.05, 4.69) is 6.07 Å². The third-order valence-corrected chi connectivity index (χ3v) is 3.36. The molecule has 0 atom stereocenters. The maximum absolute atomic E-state index is 10.9. The van der Waals surface area contributed by atoms with Crippen LogP contribution in [0.5, 0.6) is 0 Å². The standard InChI is InChI=1S/C14H18O3/c1-14(2,7-13(15)16)12-6-4-3-5-11(12)10-8-17-9-10/h3-6,10H,7-9H2,1-2H3,(H,15,16). The number of carboxylic acids is 1. The molecule has 0 aromatic heterocycles. The molecule has 0 saturated carbocycles. The number of rotatable bonds is 4. The van der Waals surface area contributed by atoms with E-state index in [1.807, 2.05) is 32.0 Å². The highest BCUT2D eigenvalue weighted by Gasteiger charge is 2.31. The van der Waals surface area contributed by atoms with Crippen LogP contribution in [-0.2, 0) is 14.9 Å². The van der Waals surface area contributed by atoms with Gasteiger partial charge in [-0.2, -0.15) is 0 Å². The molecule has 17 heavy (non-hydrogen) atoms. The van der Waals surface area contributed by atoms with Crippen LogP contribution in [0.3, 0.4) is 0 Å². The fraction of sp³-hybridized carbons (Fsp3) is 0.500. The smallest absolute Gasteiger partial charge is 0.304 e. The topological polar surface area (TPSA) is 46.5 Å². The van der Waals surface area contributed by atoms with E-state index in [4.69, 9.17) is 9.84 Å². The van der Waals surface area contributed by atoms with Crippen LogP contribution in [0.1, 0.15) is 37.3 Å². The van der Waals surface area contributed by atoms with Crippen LogP contribution in [0.25, 0.3) is 0 Å². The SMILES string of the molecule is CC(C)(CC(=O)O)c1ccccc1C1COC1. The highest BCUT2D eigenvalue weighted by Crippen LogP contribution is 2.35. The zero-order chi connectivity index (χ0) is 12.5. The summed E-state index contributed by atoms with van der Waals surface area (Å²) in [5, 5.41) is 8.99. The lowest BCUT2D eigenvalue weighted by Crippen LogP contribution is -2.30. The first-order chi connectivity index (χ1) is 8.00. The van der Waals surface area contributed by atoms with Crippen molar-refractivity contribution < 1.29 is 14.6 Å². The molecule has 0 spiro atoms. The van der Waals surface area contributed by atoms with E-state index in [-0.39, 0.29) is 11.8 Å². The Bertz CT molecular complexity index is 419. The molecule has 2 rings (SSSR count). The molecule has 92 valence electrons. The van der Waals surface area contributed by atoms with Crippen LogP contribution in [0.15, 0.2) is 24.3 Å². The highest BCUT2D eigenvalue weighted by molar-refractivity contribution is 5.69. The minimum absolute atomic E-state index is 0.150. The molecule has 0 amide bonds. The second kappa shape index (κ2) is 4.49. The number of benzene rings is 1. The molecule has 0 bridgehead atoms. The Hall–Kier alpha value is -1.35. The van der Waals surface area contributed by atoms with Crippen molar-refractivity contribution >= 4 is 5.97 Å². The van der Waals surface area contributed by atoms with Crippen LogP contribution in [0.4, 0.5) is 0 Å². The summed E-state index contributed by atoms with van der Waals surface area (Å²) in [7, 11) is 0. The van der Waals surface area contributed by atoms with E-state index in [0.717, 1.165) is 18.8 Å². The second-order valence-electron chi connectivity index (χ2n) is 5.28. The lowest BCUT2D eigenvalue weighted by atomic mass is 9.76. The zero-order valence-corrected chi connectivity index (χ0v) is 10.3. The lowest BCUT2D eigenvalue weighted by Gasteiger charge is -2.33. The van der Waals surface area contributed by atoms with Crippen LogP contribution >= 0.6 is 0 Å². The second-order valence-corrected chi connectivity index (χ2v) is 5.28. The average Bonchev–Trinajstić information content (AvgIpc) is 2.13. The molecule has 1 aromatic carbocycles. The Balaban J connectivity index is 2.33. The van der Waals surface area contributed by atoms with Gasteiger partial charge < -0.3 is 9.84 Å². The van der Waals surface area contributed by atoms with E-state index < -0.39 is 5.97 Å². The van der Waals surface area contributed by atoms with Crippen molar-refractivity contribution in [1.29, 1.82) is 0 Å². The highest BCUT2D eigenvalue weighted by atomic mass is 16.5. The summed E-state index contributed by atoms with van der Waals surface area (Å²) in [6.07, 6.45) is 0.150. The molecule has 3 nitrogen and oxygen atoms in total. The van der Waals surface area contributed by atoms with Gasteiger partial charge in [-0.15, -0.1) is 0 Å². The Kier molecular flexibility index (Phi) is 3.20. The van der Waals surface area contributed by atoms with E-state index in [0.29, 0.717) is 5.92 Å². The molecule has 1 N–H and O–H groups in total. The molecule has 3 heteroatoms. The van der Waals surface area contributed by atoms with E-state index in [1.54, 1.807) is 0 Å². The lowest BCUT2D eigenvalue weighted by molar-refractivity contribution is -0.138. The molecule has 1 aliphatic rings. The number of aliphatic carboxylic acids is 1. The fourth-order valence-corrected chi connectivity index (χ4v) is 2.36. The summed E-state index contributed by atoms with van der Waals surface area (Å²) < 4.78 is 5.22. The predicted octanol–water partition coefficient (Wildman–Crippen LogP) is 2.55. The van der Waals surface area contributed by atoms with Crippen molar-refractivity contribution in [2.75, 3.05) is 13.2 Å². The fourth-order valence-electron chi connectivity index (χ4n) is 2.36. The number of ether oxygens (including phenoxy) is 1.